The number of nitrogens with one attached hydrogen (secondary N) is 1. The largest absolute Gasteiger partial charge is 0.384 e. The molecule has 0 heterocycles. The van der Waals surface area contributed by atoms with Crippen molar-refractivity contribution in [2.24, 2.45) is 0 Å². The van der Waals surface area contributed by atoms with Crippen LogP contribution in [-0.4, -0.2) is 19.6 Å². The molecule has 0 saturated carbocycles. The summed E-state index contributed by atoms with van der Waals surface area (Å²) < 4.78 is 5.94. The maximum Gasteiger partial charge on any atom is 0.256 e. The first-order valence-corrected chi connectivity index (χ1v) is 7.56. The van der Waals surface area contributed by atoms with E-state index >= 15 is 0 Å². The molecular formula is C17H18BrNO2. The normalized spacial score (nSPS) is 10.4. The summed E-state index contributed by atoms with van der Waals surface area (Å²) in [5, 5.41) is 2.98. The Hall–Kier alpha value is -1.65. The van der Waals surface area contributed by atoms with Gasteiger partial charge in [0.15, 0.2) is 0 Å². The molecule has 4 heteroatoms. The van der Waals surface area contributed by atoms with Crippen LogP contribution in [0, 0.1) is 6.92 Å². The monoisotopic (exact) mass is 347 g/mol. The highest BCUT2D eigenvalue weighted by Gasteiger charge is 2.13. The van der Waals surface area contributed by atoms with E-state index in [2.05, 4.69) is 21.2 Å². The maximum absolute atomic E-state index is 12.4. The van der Waals surface area contributed by atoms with Gasteiger partial charge in [-0.25, -0.2) is 0 Å². The van der Waals surface area contributed by atoms with E-state index < -0.39 is 0 Å². The Kier molecular flexibility index (Phi) is 5.53. The number of rotatable bonds is 5. The lowest BCUT2D eigenvalue weighted by Crippen LogP contribution is -2.14. The van der Waals surface area contributed by atoms with Gasteiger partial charge >= 0.3 is 0 Å². The van der Waals surface area contributed by atoms with E-state index in [1.165, 1.54) is 0 Å². The van der Waals surface area contributed by atoms with Crippen LogP contribution in [0.2, 0.25) is 0 Å². The zero-order valence-electron chi connectivity index (χ0n) is 12.2. The van der Waals surface area contributed by atoms with E-state index in [0.717, 1.165) is 27.7 Å². The number of hydrogen-bond donors (Lipinski definition) is 1. The van der Waals surface area contributed by atoms with E-state index in [0.29, 0.717) is 12.2 Å². The minimum atomic E-state index is -0.115. The van der Waals surface area contributed by atoms with Gasteiger partial charge in [-0.3, -0.25) is 4.79 Å². The average Bonchev–Trinajstić information content (AvgIpc) is 2.49. The summed E-state index contributed by atoms with van der Waals surface area (Å²) in [7, 11) is 1.67. The van der Waals surface area contributed by atoms with E-state index in [4.69, 9.17) is 4.74 Å². The fourth-order valence-corrected chi connectivity index (χ4v) is 2.53. The van der Waals surface area contributed by atoms with Crippen LogP contribution in [0.5, 0.6) is 0 Å². The van der Waals surface area contributed by atoms with E-state index in [1.54, 1.807) is 7.11 Å². The Morgan fingerprint density at radius 3 is 2.71 bits per heavy atom. The number of carbonyl (C=O) groups is 1. The zero-order valence-corrected chi connectivity index (χ0v) is 13.7. The van der Waals surface area contributed by atoms with Crippen LogP contribution in [0.3, 0.4) is 0 Å². The second-order valence-electron chi connectivity index (χ2n) is 4.79. The third kappa shape index (κ3) is 3.93. The number of halogens is 1. The number of para-hydroxylation sites is 1. The second kappa shape index (κ2) is 7.38. The number of amides is 1. The number of carbonyl (C=O) groups excluding carboxylic acids is 1. The number of methoxy groups -OCH3 is 1. The number of hydrogen-bond acceptors (Lipinski definition) is 2. The van der Waals surface area contributed by atoms with Crippen LogP contribution in [0.25, 0.3) is 0 Å². The predicted molar refractivity (Wildman–Crippen MR) is 88.9 cm³/mol. The van der Waals surface area contributed by atoms with Crippen molar-refractivity contribution in [3.63, 3.8) is 0 Å². The van der Waals surface area contributed by atoms with Crippen molar-refractivity contribution >= 4 is 27.5 Å². The standard InChI is InChI=1S/C17H18BrNO2/c1-12-6-5-8-14(16(12)18)17(20)19-15-9-4-3-7-13(15)10-11-21-2/h3-9H,10-11H2,1-2H3,(H,19,20). The minimum absolute atomic E-state index is 0.115. The van der Waals surface area contributed by atoms with Gasteiger partial charge in [-0.2, -0.15) is 0 Å². The highest BCUT2D eigenvalue weighted by molar-refractivity contribution is 9.10. The molecule has 1 amide bonds. The fraction of sp³-hybridized carbons (Fsp3) is 0.235. The van der Waals surface area contributed by atoms with Gasteiger partial charge in [0.05, 0.1) is 12.2 Å². The molecule has 0 spiro atoms. The maximum atomic E-state index is 12.4. The zero-order chi connectivity index (χ0) is 15.2. The molecule has 21 heavy (non-hydrogen) atoms. The summed E-state index contributed by atoms with van der Waals surface area (Å²) in [5.41, 5.74) is 3.57. The molecule has 0 saturated heterocycles. The molecule has 1 N–H and O–H groups in total. The predicted octanol–water partition coefficient (Wildman–Crippen LogP) is 4.20. The molecule has 0 bridgehead atoms. The fourth-order valence-electron chi connectivity index (χ4n) is 2.08. The van der Waals surface area contributed by atoms with Crippen molar-refractivity contribution < 1.29 is 9.53 Å². The molecule has 3 nitrogen and oxygen atoms in total. The summed E-state index contributed by atoms with van der Waals surface area (Å²) in [6, 6.07) is 13.4. The first-order valence-electron chi connectivity index (χ1n) is 6.76. The van der Waals surface area contributed by atoms with E-state index in [-0.39, 0.29) is 5.91 Å². The Bertz CT molecular complexity index is 640. The van der Waals surface area contributed by atoms with Gasteiger partial charge in [-0.05, 0) is 52.5 Å². The first kappa shape index (κ1) is 15.7. The molecule has 0 aromatic heterocycles. The molecule has 0 radical (unpaired) electrons. The lowest BCUT2D eigenvalue weighted by Gasteiger charge is -2.12. The van der Waals surface area contributed by atoms with Crippen molar-refractivity contribution in [1.29, 1.82) is 0 Å². The number of benzene rings is 2. The third-order valence-corrected chi connectivity index (χ3v) is 4.33. The van der Waals surface area contributed by atoms with Crippen LogP contribution >= 0.6 is 15.9 Å². The smallest absolute Gasteiger partial charge is 0.256 e. The molecule has 2 aromatic rings. The average molecular weight is 348 g/mol. The third-order valence-electron chi connectivity index (χ3n) is 3.28. The minimum Gasteiger partial charge on any atom is -0.384 e. The number of anilines is 1. The number of ether oxygens (including phenoxy) is 1. The van der Waals surface area contributed by atoms with Crippen LogP contribution < -0.4 is 5.32 Å². The topological polar surface area (TPSA) is 38.3 Å². The van der Waals surface area contributed by atoms with Gasteiger partial charge < -0.3 is 10.1 Å². The molecule has 2 aromatic carbocycles. The summed E-state index contributed by atoms with van der Waals surface area (Å²) in [4.78, 5) is 12.4. The molecular weight excluding hydrogens is 330 g/mol. The van der Waals surface area contributed by atoms with Crippen molar-refractivity contribution in [3.8, 4) is 0 Å². The molecule has 0 aliphatic carbocycles. The second-order valence-corrected chi connectivity index (χ2v) is 5.58. The summed E-state index contributed by atoms with van der Waals surface area (Å²) >= 11 is 3.47. The van der Waals surface area contributed by atoms with Crippen LogP contribution in [-0.2, 0) is 11.2 Å². The van der Waals surface area contributed by atoms with Crippen LogP contribution in [0.15, 0.2) is 46.9 Å². The van der Waals surface area contributed by atoms with Crippen LogP contribution in [0.1, 0.15) is 21.5 Å². The van der Waals surface area contributed by atoms with Crippen molar-refractivity contribution in [2.75, 3.05) is 19.0 Å². The Labute approximate surface area is 133 Å². The first-order chi connectivity index (χ1) is 10.1. The lowest BCUT2D eigenvalue weighted by molar-refractivity contribution is 0.102. The van der Waals surface area contributed by atoms with Crippen molar-refractivity contribution in [2.45, 2.75) is 13.3 Å². The van der Waals surface area contributed by atoms with Gasteiger partial charge in [-0.15, -0.1) is 0 Å². The molecule has 110 valence electrons. The highest BCUT2D eigenvalue weighted by atomic mass is 79.9. The highest BCUT2D eigenvalue weighted by Crippen LogP contribution is 2.23. The summed E-state index contributed by atoms with van der Waals surface area (Å²) in [6.07, 6.45) is 0.766. The van der Waals surface area contributed by atoms with E-state index in [9.17, 15) is 4.79 Å². The Morgan fingerprint density at radius 1 is 1.19 bits per heavy atom. The van der Waals surface area contributed by atoms with Crippen LogP contribution in [0.4, 0.5) is 5.69 Å². The van der Waals surface area contributed by atoms with Gasteiger partial charge in [-0.1, -0.05) is 30.3 Å². The van der Waals surface area contributed by atoms with Gasteiger partial charge in [0.1, 0.15) is 0 Å². The number of aryl methyl sites for hydroxylation is 1. The lowest BCUT2D eigenvalue weighted by atomic mass is 10.1. The molecule has 0 unspecified atom stereocenters. The molecule has 0 fully saturated rings. The van der Waals surface area contributed by atoms with E-state index in [1.807, 2.05) is 49.4 Å². The Balaban J connectivity index is 2.22. The molecule has 0 aliphatic heterocycles. The quantitative estimate of drug-likeness (QED) is 0.880. The SMILES string of the molecule is COCCc1ccccc1NC(=O)c1cccc(C)c1Br. The Morgan fingerprint density at radius 2 is 1.95 bits per heavy atom. The van der Waals surface area contributed by atoms with Gasteiger partial charge in [0, 0.05) is 17.3 Å². The summed E-state index contributed by atoms with van der Waals surface area (Å²) in [5.74, 6) is -0.115. The van der Waals surface area contributed by atoms with Crippen molar-refractivity contribution in [3.05, 3.63) is 63.6 Å². The van der Waals surface area contributed by atoms with Gasteiger partial charge in [0.25, 0.3) is 5.91 Å². The van der Waals surface area contributed by atoms with Gasteiger partial charge in [0.2, 0.25) is 0 Å². The molecule has 2 rings (SSSR count). The summed E-state index contributed by atoms with van der Waals surface area (Å²) in [6.45, 7) is 2.59. The molecule has 0 aliphatic rings. The molecule has 0 atom stereocenters. The van der Waals surface area contributed by atoms with Crippen molar-refractivity contribution in [1.82, 2.24) is 0 Å².